The van der Waals surface area contributed by atoms with E-state index in [1.54, 1.807) is 0 Å². The van der Waals surface area contributed by atoms with Crippen molar-refractivity contribution in [2.45, 2.75) is 19.4 Å². The van der Waals surface area contributed by atoms with E-state index in [4.69, 9.17) is 5.73 Å². The Hall–Kier alpha value is -1.00. The van der Waals surface area contributed by atoms with Gasteiger partial charge in [0.05, 0.1) is 0 Å². The Morgan fingerprint density at radius 1 is 1.50 bits per heavy atom. The van der Waals surface area contributed by atoms with E-state index in [0.717, 1.165) is 24.4 Å². The van der Waals surface area contributed by atoms with Gasteiger partial charge in [-0.1, -0.05) is 0 Å². The van der Waals surface area contributed by atoms with Crippen molar-refractivity contribution in [3.8, 4) is 0 Å². The zero-order valence-electron chi connectivity index (χ0n) is 9.64. The summed E-state index contributed by atoms with van der Waals surface area (Å²) in [5.41, 5.74) is 7.63. The Morgan fingerprint density at radius 3 is 2.62 bits per heavy atom. The maximum Gasteiger partial charge on any atom is 0.270 e. The molecule has 2 rings (SSSR count). The van der Waals surface area contributed by atoms with Gasteiger partial charge in [0.1, 0.15) is 5.69 Å². The van der Waals surface area contributed by atoms with Crippen LogP contribution in [0.5, 0.6) is 0 Å². The lowest BCUT2D eigenvalue weighted by molar-refractivity contribution is 0.0781. The van der Waals surface area contributed by atoms with Crippen LogP contribution in [0.1, 0.15) is 22.6 Å². The Morgan fingerprint density at radius 2 is 2.19 bits per heavy atom. The van der Waals surface area contributed by atoms with Gasteiger partial charge in [0.2, 0.25) is 0 Å². The molecule has 1 aromatic rings. The molecule has 1 amide bonds. The molecule has 1 aliphatic heterocycles. The second-order valence-electron chi connectivity index (χ2n) is 4.22. The highest BCUT2D eigenvalue weighted by Gasteiger charge is 2.25. The molecule has 16 heavy (non-hydrogen) atoms. The summed E-state index contributed by atoms with van der Waals surface area (Å²) in [6.07, 6.45) is 0.912. The molecule has 0 unspecified atom stereocenters. The molecule has 2 N–H and O–H groups in total. The average molecular weight is 244 g/mol. The first-order valence-corrected chi connectivity index (χ1v) is 5.27. The fourth-order valence-corrected chi connectivity index (χ4v) is 1.96. The normalized spacial score (nSPS) is 19.7. The van der Waals surface area contributed by atoms with Crippen LogP contribution in [0.2, 0.25) is 0 Å². The summed E-state index contributed by atoms with van der Waals surface area (Å²) < 4.78 is 1.92. The highest BCUT2D eigenvalue weighted by Crippen LogP contribution is 2.14. The average Bonchev–Trinajstić information content (AvgIpc) is 2.75. The molecule has 0 spiro atoms. The minimum Gasteiger partial charge on any atom is -0.344 e. The van der Waals surface area contributed by atoms with Crippen molar-refractivity contribution in [1.29, 1.82) is 0 Å². The fraction of sp³-hybridized carbons (Fsp3) is 0.545. The minimum atomic E-state index is 0. The lowest BCUT2D eigenvalue weighted by Crippen LogP contribution is -2.32. The molecule has 1 aromatic heterocycles. The zero-order chi connectivity index (χ0) is 11.0. The molecule has 90 valence electrons. The summed E-state index contributed by atoms with van der Waals surface area (Å²) in [7, 11) is 1.92. The first kappa shape index (κ1) is 13.1. The third kappa shape index (κ3) is 2.23. The van der Waals surface area contributed by atoms with Crippen LogP contribution in [-0.4, -0.2) is 34.5 Å². The Kier molecular flexibility index (Phi) is 3.99. The number of carbonyl (C=O) groups excluding carboxylic acids is 1. The first-order valence-electron chi connectivity index (χ1n) is 5.27. The van der Waals surface area contributed by atoms with Crippen molar-refractivity contribution in [2.24, 2.45) is 12.8 Å². The largest absolute Gasteiger partial charge is 0.344 e. The number of nitrogens with two attached hydrogens (primary N) is 1. The van der Waals surface area contributed by atoms with E-state index >= 15 is 0 Å². The van der Waals surface area contributed by atoms with E-state index in [0.29, 0.717) is 6.54 Å². The van der Waals surface area contributed by atoms with E-state index in [9.17, 15) is 4.79 Å². The second-order valence-corrected chi connectivity index (χ2v) is 4.22. The molecular formula is C11H18ClN3O. The zero-order valence-corrected chi connectivity index (χ0v) is 10.5. The van der Waals surface area contributed by atoms with Crippen LogP contribution in [0.3, 0.4) is 0 Å². The van der Waals surface area contributed by atoms with Gasteiger partial charge in [0.25, 0.3) is 5.91 Å². The molecule has 0 saturated carbocycles. The summed E-state index contributed by atoms with van der Waals surface area (Å²) >= 11 is 0. The monoisotopic (exact) mass is 243 g/mol. The number of aryl methyl sites for hydroxylation is 1. The van der Waals surface area contributed by atoms with Crippen LogP contribution in [0.4, 0.5) is 0 Å². The molecular weight excluding hydrogens is 226 g/mol. The predicted molar refractivity (Wildman–Crippen MR) is 65.9 cm³/mol. The van der Waals surface area contributed by atoms with Crippen molar-refractivity contribution in [3.63, 3.8) is 0 Å². The molecule has 4 nitrogen and oxygen atoms in total. The molecule has 2 heterocycles. The number of hydrogen-bond donors (Lipinski definition) is 1. The van der Waals surface area contributed by atoms with E-state index in [1.165, 1.54) is 0 Å². The standard InChI is InChI=1S/C11H17N3O.ClH/c1-8-3-4-10(13(8)2)11(15)14-6-5-9(12)7-14;/h3-4,9H,5-7,12H2,1-2H3;1H/t9-;/m0./s1. The van der Waals surface area contributed by atoms with Gasteiger partial charge >= 0.3 is 0 Å². The highest BCUT2D eigenvalue weighted by atomic mass is 35.5. The van der Waals surface area contributed by atoms with Crippen LogP contribution < -0.4 is 5.73 Å². The molecule has 5 heteroatoms. The van der Waals surface area contributed by atoms with Gasteiger partial charge in [-0.2, -0.15) is 0 Å². The number of rotatable bonds is 1. The number of aromatic nitrogens is 1. The van der Waals surface area contributed by atoms with Crippen molar-refractivity contribution < 1.29 is 4.79 Å². The van der Waals surface area contributed by atoms with E-state index in [-0.39, 0.29) is 24.4 Å². The van der Waals surface area contributed by atoms with Crippen molar-refractivity contribution in [2.75, 3.05) is 13.1 Å². The van der Waals surface area contributed by atoms with Gasteiger partial charge in [-0.25, -0.2) is 0 Å². The number of hydrogen-bond acceptors (Lipinski definition) is 2. The summed E-state index contributed by atoms with van der Waals surface area (Å²) in [6, 6.07) is 3.99. The lowest BCUT2D eigenvalue weighted by atomic mass is 10.3. The number of likely N-dealkylation sites (tertiary alicyclic amines) is 1. The van der Waals surface area contributed by atoms with Crippen molar-refractivity contribution >= 4 is 18.3 Å². The molecule has 0 radical (unpaired) electrons. The molecule has 1 fully saturated rings. The molecule has 0 aliphatic carbocycles. The Bertz CT molecular complexity index is 389. The maximum atomic E-state index is 12.1. The third-order valence-electron chi connectivity index (χ3n) is 3.10. The van der Waals surface area contributed by atoms with Gasteiger partial charge < -0.3 is 15.2 Å². The number of amides is 1. The maximum absolute atomic E-state index is 12.1. The smallest absolute Gasteiger partial charge is 0.270 e. The topological polar surface area (TPSA) is 51.3 Å². The summed E-state index contributed by atoms with van der Waals surface area (Å²) in [6.45, 7) is 3.46. The van der Waals surface area contributed by atoms with E-state index in [1.807, 2.05) is 35.6 Å². The molecule has 1 saturated heterocycles. The fourth-order valence-electron chi connectivity index (χ4n) is 1.96. The van der Waals surface area contributed by atoms with E-state index < -0.39 is 0 Å². The van der Waals surface area contributed by atoms with Crippen LogP contribution in [-0.2, 0) is 7.05 Å². The van der Waals surface area contributed by atoms with Gasteiger partial charge in [0, 0.05) is 31.9 Å². The van der Waals surface area contributed by atoms with E-state index in [2.05, 4.69) is 0 Å². The number of halogens is 1. The predicted octanol–water partition coefficient (Wildman–Crippen LogP) is 0.929. The van der Waals surface area contributed by atoms with Crippen LogP contribution >= 0.6 is 12.4 Å². The van der Waals surface area contributed by atoms with Crippen molar-refractivity contribution in [3.05, 3.63) is 23.5 Å². The lowest BCUT2D eigenvalue weighted by Gasteiger charge is -2.16. The van der Waals surface area contributed by atoms with Gasteiger partial charge in [-0.3, -0.25) is 4.79 Å². The quantitative estimate of drug-likeness (QED) is 0.798. The molecule has 1 aliphatic rings. The third-order valence-corrected chi connectivity index (χ3v) is 3.10. The molecule has 1 atom stereocenters. The molecule has 0 bridgehead atoms. The number of carbonyl (C=O) groups is 1. The minimum absolute atomic E-state index is 0. The SMILES string of the molecule is Cc1ccc(C(=O)N2CC[C@H](N)C2)n1C.Cl. The summed E-state index contributed by atoms with van der Waals surface area (Å²) in [5.74, 6) is 0.0959. The van der Waals surface area contributed by atoms with Crippen LogP contribution in [0, 0.1) is 6.92 Å². The van der Waals surface area contributed by atoms with Crippen LogP contribution in [0.15, 0.2) is 12.1 Å². The van der Waals surface area contributed by atoms with Gasteiger partial charge in [-0.05, 0) is 25.5 Å². The van der Waals surface area contributed by atoms with Gasteiger partial charge in [0.15, 0.2) is 0 Å². The Balaban J connectivity index is 0.00000128. The first-order chi connectivity index (χ1) is 7.09. The number of nitrogens with zero attached hydrogens (tertiary/aromatic N) is 2. The second kappa shape index (κ2) is 4.89. The van der Waals surface area contributed by atoms with Crippen molar-refractivity contribution in [1.82, 2.24) is 9.47 Å². The Labute approximate surface area is 102 Å². The van der Waals surface area contributed by atoms with Gasteiger partial charge in [-0.15, -0.1) is 12.4 Å². The highest BCUT2D eigenvalue weighted by molar-refractivity contribution is 5.93. The molecule has 0 aromatic carbocycles. The summed E-state index contributed by atoms with van der Waals surface area (Å²) in [5, 5.41) is 0. The summed E-state index contributed by atoms with van der Waals surface area (Å²) in [4.78, 5) is 13.9. The van der Waals surface area contributed by atoms with Crippen LogP contribution in [0.25, 0.3) is 0 Å².